The number of thioether (sulfide) groups is 1. The van der Waals surface area contributed by atoms with Gasteiger partial charge in [0.25, 0.3) is 0 Å². The summed E-state index contributed by atoms with van der Waals surface area (Å²) < 4.78 is 4.82. The van der Waals surface area contributed by atoms with E-state index in [0.29, 0.717) is 12.3 Å². The van der Waals surface area contributed by atoms with Crippen LogP contribution in [0.15, 0.2) is 24.3 Å². The first-order chi connectivity index (χ1) is 10.2. The molecule has 1 fully saturated rings. The minimum atomic E-state index is -0.465. The number of nitrogens with one attached hydrogen (secondary N) is 2. The molecule has 2 rings (SSSR count). The van der Waals surface area contributed by atoms with Crippen molar-refractivity contribution in [2.24, 2.45) is 0 Å². The first-order valence-corrected chi connectivity index (χ1v) is 7.84. The third-order valence-electron chi connectivity index (χ3n) is 3.08. The second kappa shape index (κ2) is 7.21. The first kappa shape index (κ1) is 15.5. The molecule has 0 radical (unpaired) electrons. The molecule has 0 aliphatic carbocycles. The molecule has 0 aromatic heterocycles. The molecule has 1 heterocycles. The number of carbonyl (C=O) groups excluding carboxylic acids is 2. The maximum Gasteiger partial charge on any atom is 0.411 e. The van der Waals surface area contributed by atoms with Gasteiger partial charge in [0.15, 0.2) is 0 Å². The van der Waals surface area contributed by atoms with Crippen LogP contribution in [0, 0.1) is 0 Å². The maximum atomic E-state index is 11.8. The van der Waals surface area contributed by atoms with Crippen LogP contribution < -0.4 is 10.6 Å². The molecule has 1 saturated heterocycles. The molecular formula is C14H19N3O3S. The fraction of sp³-hybridized carbons (Fsp3) is 0.429. The maximum absolute atomic E-state index is 11.8. The molecule has 3 amide bonds. The molecule has 1 aromatic rings. The molecular weight excluding hydrogens is 290 g/mol. The van der Waals surface area contributed by atoms with Gasteiger partial charge in [-0.25, -0.2) is 9.59 Å². The smallest absolute Gasteiger partial charge is 0.411 e. The molecule has 1 aliphatic rings. The zero-order valence-corrected chi connectivity index (χ0v) is 12.9. The Bertz CT molecular complexity index is 507. The highest BCUT2D eigenvalue weighted by Crippen LogP contribution is 2.38. The van der Waals surface area contributed by atoms with E-state index < -0.39 is 6.09 Å². The average Bonchev–Trinajstić information content (AvgIpc) is 2.97. The van der Waals surface area contributed by atoms with Gasteiger partial charge in [-0.2, -0.15) is 0 Å². The van der Waals surface area contributed by atoms with Crippen molar-refractivity contribution in [3.63, 3.8) is 0 Å². The van der Waals surface area contributed by atoms with Crippen molar-refractivity contribution < 1.29 is 14.3 Å². The first-order valence-electron chi connectivity index (χ1n) is 6.79. The highest BCUT2D eigenvalue weighted by molar-refractivity contribution is 7.99. The predicted octanol–water partition coefficient (Wildman–Crippen LogP) is 2.64. The third kappa shape index (κ3) is 3.81. The third-order valence-corrected chi connectivity index (χ3v) is 4.34. The molecule has 1 aromatic carbocycles. The van der Waals surface area contributed by atoms with Crippen LogP contribution >= 0.6 is 11.8 Å². The number of urea groups is 1. The topological polar surface area (TPSA) is 70.7 Å². The molecule has 1 atom stereocenters. The van der Waals surface area contributed by atoms with Crippen LogP contribution in [0.25, 0.3) is 0 Å². The van der Waals surface area contributed by atoms with Crippen molar-refractivity contribution in [1.29, 1.82) is 0 Å². The molecule has 0 spiro atoms. The Kier molecular flexibility index (Phi) is 5.32. The van der Waals surface area contributed by atoms with E-state index >= 15 is 0 Å². The van der Waals surface area contributed by atoms with Gasteiger partial charge in [0.05, 0.1) is 6.61 Å². The Hall–Kier alpha value is -1.89. The van der Waals surface area contributed by atoms with E-state index in [2.05, 4.69) is 10.6 Å². The molecule has 0 unspecified atom stereocenters. The van der Waals surface area contributed by atoms with Crippen molar-refractivity contribution in [3.8, 4) is 0 Å². The van der Waals surface area contributed by atoms with Crippen LogP contribution in [0.3, 0.4) is 0 Å². The van der Waals surface area contributed by atoms with E-state index in [4.69, 9.17) is 4.74 Å². The highest BCUT2D eigenvalue weighted by atomic mass is 32.2. The van der Waals surface area contributed by atoms with Gasteiger partial charge < -0.3 is 15.0 Å². The number of benzene rings is 1. The molecule has 0 saturated carbocycles. The van der Waals surface area contributed by atoms with E-state index in [0.717, 1.165) is 17.9 Å². The number of ether oxygens (including phenoxy) is 1. The van der Waals surface area contributed by atoms with Crippen LogP contribution in [-0.2, 0) is 4.74 Å². The van der Waals surface area contributed by atoms with Gasteiger partial charge in [-0.1, -0.05) is 12.1 Å². The number of hydrogen-bond acceptors (Lipinski definition) is 4. The quantitative estimate of drug-likeness (QED) is 0.900. The molecule has 1 aliphatic heterocycles. The number of anilines is 1. The standard InChI is InChI=1S/C14H19N3O3S/c1-3-20-14(19)16-11-6-4-10(5-7-11)12-17(8-9-21-12)13(18)15-2/h4-7,12H,3,8-9H2,1-2H3,(H,15,18)(H,16,19)/t12-/m1/s1. The number of hydrogen-bond donors (Lipinski definition) is 2. The number of nitrogens with zero attached hydrogens (tertiary/aromatic N) is 1. The van der Waals surface area contributed by atoms with Gasteiger partial charge in [-0.3, -0.25) is 5.32 Å². The molecule has 6 nitrogen and oxygen atoms in total. The summed E-state index contributed by atoms with van der Waals surface area (Å²) in [5.74, 6) is 0.918. The second-order valence-corrected chi connectivity index (χ2v) is 5.63. The lowest BCUT2D eigenvalue weighted by atomic mass is 10.2. The van der Waals surface area contributed by atoms with Gasteiger partial charge in [0, 0.05) is 25.0 Å². The second-order valence-electron chi connectivity index (χ2n) is 4.44. The molecule has 0 bridgehead atoms. The van der Waals surface area contributed by atoms with Crippen molar-refractivity contribution in [2.75, 3.05) is 31.3 Å². The van der Waals surface area contributed by atoms with Gasteiger partial charge >= 0.3 is 12.1 Å². The van der Waals surface area contributed by atoms with Crippen molar-refractivity contribution >= 4 is 29.6 Å². The summed E-state index contributed by atoms with van der Waals surface area (Å²) in [4.78, 5) is 24.9. The zero-order valence-electron chi connectivity index (χ0n) is 12.1. The van der Waals surface area contributed by atoms with Crippen LogP contribution in [0.4, 0.5) is 15.3 Å². The monoisotopic (exact) mass is 309 g/mol. The van der Waals surface area contributed by atoms with E-state index in [1.165, 1.54) is 0 Å². The normalized spacial score (nSPS) is 17.4. The minimum absolute atomic E-state index is 0.0154. The van der Waals surface area contributed by atoms with Gasteiger partial charge in [0.1, 0.15) is 5.37 Å². The van der Waals surface area contributed by atoms with Crippen LogP contribution in [0.2, 0.25) is 0 Å². The van der Waals surface area contributed by atoms with E-state index in [9.17, 15) is 9.59 Å². The lowest BCUT2D eigenvalue weighted by molar-refractivity contribution is 0.168. The Morgan fingerprint density at radius 3 is 2.71 bits per heavy atom. The Labute approximate surface area is 128 Å². The predicted molar refractivity (Wildman–Crippen MR) is 83.4 cm³/mol. The van der Waals surface area contributed by atoms with Crippen molar-refractivity contribution in [1.82, 2.24) is 10.2 Å². The molecule has 2 N–H and O–H groups in total. The van der Waals surface area contributed by atoms with Crippen molar-refractivity contribution in [2.45, 2.75) is 12.3 Å². The molecule has 114 valence electrons. The lowest BCUT2D eigenvalue weighted by Crippen LogP contribution is -2.37. The summed E-state index contributed by atoms with van der Waals surface area (Å²) in [6, 6.07) is 7.39. The number of rotatable bonds is 3. The summed E-state index contributed by atoms with van der Waals surface area (Å²) in [6.45, 7) is 2.83. The highest BCUT2D eigenvalue weighted by Gasteiger charge is 2.29. The van der Waals surface area contributed by atoms with E-state index in [1.54, 1.807) is 30.6 Å². The summed E-state index contributed by atoms with van der Waals surface area (Å²) in [6.07, 6.45) is -0.465. The van der Waals surface area contributed by atoms with Crippen molar-refractivity contribution in [3.05, 3.63) is 29.8 Å². The summed E-state index contributed by atoms with van der Waals surface area (Å²) in [7, 11) is 1.63. The molecule has 21 heavy (non-hydrogen) atoms. The van der Waals surface area contributed by atoms with Crippen LogP contribution in [0.5, 0.6) is 0 Å². The van der Waals surface area contributed by atoms with Gasteiger partial charge in [0.2, 0.25) is 0 Å². The summed E-state index contributed by atoms with van der Waals surface area (Å²) in [5.41, 5.74) is 1.71. The number of amides is 3. The summed E-state index contributed by atoms with van der Waals surface area (Å²) in [5, 5.41) is 5.32. The van der Waals surface area contributed by atoms with Gasteiger partial charge in [-0.15, -0.1) is 11.8 Å². The van der Waals surface area contributed by atoms with Crippen LogP contribution in [-0.4, -0.2) is 43.0 Å². The fourth-order valence-electron chi connectivity index (χ4n) is 2.11. The SMILES string of the molecule is CCOC(=O)Nc1ccc([C@H]2SCCN2C(=O)NC)cc1. The minimum Gasteiger partial charge on any atom is -0.450 e. The fourth-order valence-corrected chi connectivity index (χ4v) is 3.37. The Morgan fingerprint density at radius 1 is 1.38 bits per heavy atom. The van der Waals surface area contributed by atoms with E-state index in [1.807, 2.05) is 24.3 Å². The Morgan fingerprint density at radius 2 is 2.10 bits per heavy atom. The Balaban J connectivity index is 2.04. The zero-order chi connectivity index (χ0) is 15.2. The lowest BCUT2D eigenvalue weighted by Gasteiger charge is -2.23. The number of carbonyl (C=O) groups is 2. The largest absolute Gasteiger partial charge is 0.450 e. The van der Waals surface area contributed by atoms with Gasteiger partial charge in [-0.05, 0) is 24.6 Å². The van der Waals surface area contributed by atoms with E-state index in [-0.39, 0.29) is 11.4 Å². The average molecular weight is 309 g/mol. The van der Waals surface area contributed by atoms with Crippen LogP contribution in [0.1, 0.15) is 17.9 Å². The molecule has 7 heteroatoms. The summed E-state index contributed by atoms with van der Waals surface area (Å²) >= 11 is 1.73.